The molecule has 5 rings (SSSR count). The van der Waals surface area contributed by atoms with E-state index in [0.717, 1.165) is 35.6 Å². The summed E-state index contributed by atoms with van der Waals surface area (Å²) in [4.78, 5) is 0. The number of aryl methyl sites for hydroxylation is 1. The largest absolute Gasteiger partial charge is 0.382 e. The van der Waals surface area contributed by atoms with Gasteiger partial charge in [-0.05, 0) is 36.6 Å². The molecule has 0 radical (unpaired) electrons. The molecule has 1 aliphatic heterocycles. The summed E-state index contributed by atoms with van der Waals surface area (Å²) in [6, 6.07) is 10.7. The van der Waals surface area contributed by atoms with Crippen molar-refractivity contribution in [3.8, 4) is 11.1 Å². The summed E-state index contributed by atoms with van der Waals surface area (Å²) in [5.74, 6) is 0.624. The quantitative estimate of drug-likeness (QED) is 0.629. The van der Waals surface area contributed by atoms with E-state index in [1.807, 2.05) is 17.8 Å². The van der Waals surface area contributed by atoms with Gasteiger partial charge in [-0.1, -0.05) is 30.3 Å². The van der Waals surface area contributed by atoms with Crippen molar-refractivity contribution in [3.05, 3.63) is 53.3 Å². The zero-order valence-corrected chi connectivity index (χ0v) is 15.5. The van der Waals surface area contributed by atoms with Crippen molar-refractivity contribution in [3.63, 3.8) is 0 Å². The van der Waals surface area contributed by atoms with Gasteiger partial charge in [0.2, 0.25) is 0 Å². The average Bonchev–Trinajstić information content (AvgIpc) is 3.43. The molecule has 2 aromatic carbocycles. The Kier molecular flexibility index (Phi) is 3.50. The van der Waals surface area contributed by atoms with E-state index in [0.29, 0.717) is 10.9 Å². The van der Waals surface area contributed by atoms with E-state index >= 15 is 0 Å². The second-order valence-corrected chi connectivity index (χ2v) is 7.67. The van der Waals surface area contributed by atoms with Crippen molar-refractivity contribution in [2.45, 2.75) is 25.2 Å². The average molecular weight is 365 g/mol. The molecule has 132 valence electrons. The fourth-order valence-corrected chi connectivity index (χ4v) is 4.02. The first-order chi connectivity index (χ1) is 12.6. The van der Waals surface area contributed by atoms with Crippen LogP contribution in [0.2, 0.25) is 5.02 Å². The number of benzene rings is 2. The number of halogens is 1. The van der Waals surface area contributed by atoms with Crippen LogP contribution in [-0.4, -0.2) is 16.3 Å². The molecule has 1 saturated carbocycles. The normalized spacial score (nSPS) is 16.8. The van der Waals surface area contributed by atoms with Gasteiger partial charge in [0, 0.05) is 42.6 Å². The minimum absolute atomic E-state index is 0.624. The Labute approximate surface area is 157 Å². The maximum Gasteiger partial charge on any atom is 0.0813 e. The first kappa shape index (κ1) is 15.8. The molecule has 1 aliphatic carbocycles. The number of nitrogens with one attached hydrogen (secondary N) is 2. The lowest BCUT2D eigenvalue weighted by molar-refractivity contribution is 0.767. The fraction of sp³-hybridized carbons (Fsp3) is 0.286. The van der Waals surface area contributed by atoms with Crippen LogP contribution in [0.1, 0.15) is 30.9 Å². The lowest BCUT2D eigenvalue weighted by atomic mass is 9.99. The van der Waals surface area contributed by atoms with Gasteiger partial charge in [0.15, 0.2) is 0 Å². The third kappa shape index (κ3) is 2.48. The number of hydrogen-bond acceptors (Lipinski definition) is 3. The molecule has 2 N–H and O–H groups in total. The van der Waals surface area contributed by atoms with Crippen LogP contribution < -0.4 is 10.6 Å². The van der Waals surface area contributed by atoms with Gasteiger partial charge in [0.1, 0.15) is 0 Å². The van der Waals surface area contributed by atoms with E-state index in [1.54, 1.807) is 0 Å². The van der Waals surface area contributed by atoms with E-state index in [2.05, 4.69) is 41.5 Å². The summed E-state index contributed by atoms with van der Waals surface area (Å²) in [7, 11) is 2.03. The molecular formula is C21H21ClN4. The van der Waals surface area contributed by atoms with Crippen molar-refractivity contribution in [2.24, 2.45) is 7.05 Å². The van der Waals surface area contributed by atoms with Crippen molar-refractivity contribution in [1.29, 1.82) is 0 Å². The number of aromatic nitrogens is 2. The van der Waals surface area contributed by atoms with Crippen LogP contribution in [0.5, 0.6) is 0 Å². The van der Waals surface area contributed by atoms with Crippen LogP contribution in [0, 0.1) is 0 Å². The molecule has 1 fully saturated rings. The minimum atomic E-state index is 0.624. The molecule has 2 heterocycles. The van der Waals surface area contributed by atoms with Crippen LogP contribution in [0.3, 0.4) is 0 Å². The first-order valence-electron chi connectivity index (χ1n) is 9.10. The predicted octanol–water partition coefficient (Wildman–Crippen LogP) is 5.51. The van der Waals surface area contributed by atoms with Crippen molar-refractivity contribution >= 4 is 33.9 Å². The Bertz CT molecular complexity index is 1050. The molecule has 0 atom stereocenters. The maximum absolute atomic E-state index is 6.46. The molecule has 0 amide bonds. The Morgan fingerprint density at radius 3 is 2.85 bits per heavy atom. The summed E-state index contributed by atoms with van der Waals surface area (Å²) in [5.41, 5.74) is 7.71. The van der Waals surface area contributed by atoms with Gasteiger partial charge >= 0.3 is 0 Å². The van der Waals surface area contributed by atoms with Gasteiger partial charge in [-0.25, -0.2) is 0 Å². The highest BCUT2D eigenvalue weighted by Crippen LogP contribution is 2.45. The minimum Gasteiger partial charge on any atom is -0.382 e. The Balaban J connectivity index is 1.70. The molecule has 4 nitrogen and oxygen atoms in total. The number of rotatable bonds is 2. The second-order valence-electron chi connectivity index (χ2n) is 7.27. The highest BCUT2D eigenvalue weighted by atomic mass is 35.5. The Morgan fingerprint density at radius 2 is 2.04 bits per heavy atom. The molecular weight excluding hydrogens is 344 g/mol. The highest BCUT2D eigenvalue weighted by molar-refractivity contribution is 6.34. The number of anilines is 2. The van der Waals surface area contributed by atoms with E-state index in [9.17, 15) is 0 Å². The monoisotopic (exact) mass is 364 g/mol. The van der Waals surface area contributed by atoms with Gasteiger partial charge in [0.05, 0.1) is 27.6 Å². The van der Waals surface area contributed by atoms with E-state index in [-0.39, 0.29) is 0 Å². The van der Waals surface area contributed by atoms with E-state index < -0.39 is 0 Å². The number of fused-ring (bicyclic) bond motifs is 2. The Morgan fingerprint density at radius 1 is 1.19 bits per heavy atom. The van der Waals surface area contributed by atoms with Crippen molar-refractivity contribution in [2.75, 3.05) is 17.2 Å². The number of hydrogen-bond donors (Lipinski definition) is 2. The lowest BCUT2D eigenvalue weighted by Gasteiger charge is -2.16. The molecule has 0 bridgehead atoms. The van der Waals surface area contributed by atoms with Gasteiger partial charge < -0.3 is 10.6 Å². The van der Waals surface area contributed by atoms with E-state index in [4.69, 9.17) is 16.7 Å². The summed E-state index contributed by atoms with van der Waals surface area (Å²) >= 11 is 6.46. The SMILES string of the molecule is C=C1CCNc2c(-c3ccc4c(c3)c(C3CC3)nn4C)ccc(Cl)c2N1. The van der Waals surface area contributed by atoms with Crippen LogP contribution in [0.15, 0.2) is 42.6 Å². The summed E-state index contributed by atoms with van der Waals surface area (Å²) in [5, 5.41) is 13.7. The van der Waals surface area contributed by atoms with Crippen LogP contribution in [0.4, 0.5) is 11.4 Å². The third-order valence-corrected chi connectivity index (χ3v) is 5.65. The molecule has 26 heavy (non-hydrogen) atoms. The zero-order valence-electron chi connectivity index (χ0n) is 14.8. The standard InChI is InChI=1S/C21H21ClN4/c1-12-9-10-23-20-15(6-7-17(22)21(20)24-12)14-5-8-18-16(11-14)19(13-3-4-13)25-26(18)2/h5-8,11,13,23-24H,1,3-4,9-10H2,2H3. The van der Waals surface area contributed by atoms with Crippen LogP contribution >= 0.6 is 11.6 Å². The summed E-state index contributed by atoms with van der Waals surface area (Å²) in [6.07, 6.45) is 3.37. The Hall–Kier alpha value is -2.46. The smallest absolute Gasteiger partial charge is 0.0813 e. The molecule has 3 aromatic rings. The molecule has 0 saturated heterocycles. The summed E-state index contributed by atoms with van der Waals surface area (Å²) < 4.78 is 2.00. The fourth-order valence-electron chi connectivity index (χ4n) is 3.82. The highest BCUT2D eigenvalue weighted by Gasteiger charge is 2.29. The van der Waals surface area contributed by atoms with Crippen LogP contribution in [-0.2, 0) is 7.05 Å². The van der Waals surface area contributed by atoms with Crippen molar-refractivity contribution in [1.82, 2.24) is 9.78 Å². The lowest BCUT2D eigenvalue weighted by Crippen LogP contribution is -2.00. The summed E-state index contributed by atoms with van der Waals surface area (Å²) in [6.45, 7) is 4.92. The predicted molar refractivity (Wildman–Crippen MR) is 109 cm³/mol. The molecule has 0 unspecified atom stereocenters. The third-order valence-electron chi connectivity index (χ3n) is 5.34. The molecule has 5 heteroatoms. The van der Waals surface area contributed by atoms with Crippen molar-refractivity contribution < 1.29 is 0 Å². The van der Waals surface area contributed by atoms with Gasteiger partial charge in [-0.15, -0.1) is 0 Å². The van der Waals surface area contributed by atoms with E-state index in [1.165, 1.54) is 35.0 Å². The zero-order chi connectivity index (χ0) is 17.8. The molecule has 1 aromatic heterocycles. The topological polar surface area (TPSA) is 41.9 Å². The first-order valence-corrected chi connectivity index (χ1v) is 9.48. The second kappa shape index (κ2) is 5.78. The van der Waals surface area contributed by atoms with Crippen LogP contribution in [0.25, 0.3) is 22.0 Å². The molecule has 0 spiro atoms. The van der Waals surface area contributed by atoms with Gasteiger partial charge in [-0.3, -0.25) is 4.68 Å². The van der Waals surface area contributed by atoms with Gasteiger partial charge in [0.25, 0.3) is 0 Å². The van der Waals surface area contributed by atoms with Gasteiger partial charge in [-0.2, -0.15) is 5.10 Å². The number of nitrogens with zero attached hydrogens (tertiary/aromatic N) is 2. The maximum atomic E-state index is 6.46. The molecule has 2 aliphatic rings.